The molecule has 43 nitrogen and oxygen atoms in total. The topological polar surface area (TPSA) is 653 Å². The van der Waals surface area contributed by atoms with Crippen molar-refractivity contribution in [1.82, 2.24) is 93.0 Å². The number of thioether (sulfide) groups is 1. The number of nitrogens with one attached hydrogen (secondary N) is 14. The molecule has 130 heavy (non-hydrogen) atoms. The van der Waals surface area contributed by atoms with Gasteiger partial charge < -0.3 is 131 Å². The molecule has 44 heteroatoms. The minimum atomic E-state index is -1.88. The molecular weight excluding hydrogens is 1710 g/mol. The second-order valence-corrected chi connectivity index (χ2v) is 33.6. The largest absolute Gasteiger partial charge is 0.508 e. The Kier molecular flexibility index (Phi) is 39.0. The molecule has 0 saturated carbocycles. The number of aliphatic hydroxyl groups is 3. The van der Waals surface area contributed by atoms with Crippen LogP contribution in [0.25, 0.3) is 21.8 Å². The Labute approximate surface area is 754 Å². The summed E-state index contributed by atoms with van der Waals surface area (Å²) in [5.41, 5.74) is 19.3. The predicted octanol–water partition coefficient (Wildman–Crippen LogP) is -4.54. The fourth-order valence-electron chi connectivity index (χ4n) is 15.9. The number of phenolic OH excluding ortho intramolecular Hbond substituents is 1. The summed E-state index contributed by atoms with van der Waals surface area (Å²) in [5.74, 6) is -18.1. The third-order valence-corrected chi connectivity index (χ3v) is 24.2. The first kappa shape index (κ1) is 102. The maximum Gasteiger partial charge on any atom is 0.248 e. The molecule has 3 aliphatic rings. The zero-order valence-electron chi connectivity index (χ0n) is 73.7. The Balaban J connectivity index is 1.17. The average molecular weight is 1830 g/mol. The Morgan fingerprint density at radius 3 is 1.52 bits per heavy atom. The Hall–Kier alpha value is -13.0. The number of amides is 17. The van der Waals surface area contributed by atoms with Gasteiger partial charge in [0.2, 0.25) is 100 Å². The van der Waals surface area contributed by atoms with Crippen molar-refractivity contribution in [3.63, 3.8) is 0 Å². The van der Waals surface area contributed by atoms with Gasteiger partial charge in [0.25, 0.3) is 0 Å². The van der Waals surface area contributed by atoms with Crippen molar-refractivity contribution in [2.24, 2.45) is 17.2 Å². The maximum atomic E-state index is 15.7. The van der Waals surface area contributed by atoms with Crippen LogP contribution in [0.15, 0.2) is 85.2 Å². The number of phenols is 1. The molecule has 3 saturated heterocycles. The lowest BCUT2D eigenvalue weighted by Crippen LogP contribution is -2.62. The van der Waals surface area contributed by atoms with Crippen molar-refractivity contribution in [3.05, 3.63) is 102 Å². The van der Waals surface area contributed by atoms with Gasteiger partial charge >= 0.3 is 0 Å². The van der Waals surface area contributed by atoms with E-state index in [-0.39, 0.29) is 96.0 Å². The van der Waals surface area contributed by atoms with Gasteiger partial charge in [-0.05, 0) is 106 Å². The number of nitrogens with zero attached hydrogens (tertiary/aromatic N) is 5. The first-order chi connectivity index (χ1) is 62.0. The molecule has 0 spiro atoms. The first-order valence-corrected chi connectivity index (χ1v) is 44.5. The van der Waals surface area contributed by atoms with Crippen LogP contribution in [0.1, 0.15) is 127 Å². The van der Waals surface area contributed by atoms with Crippen molar-refractivity contribution in [2.45, 2.75) is 215 Å². The SMILES string of the molecule is CCCC[C@H]1C(=O)N(C)[C@@H](CCCC)C(=O)N[C@@H](CCCNC(=N)N)C(=O)N[C@H](C(=O)NCC(N)=O)CSCC(=O)N[C@@H](Cc2ccc(O)cc2)C(=O)N(C)[C@@H](C)C(=O)N[C@H](CC(N)=O)C(=O)N2CCC[C@H]2C(=O)N[C@@H](CCO)C(=O)N[C@@H](CO)C(=O)N2CCC[C@H]2C(=O)N[C@@H](Cc2c[nH]c3ccccc23)C(=O)N[C@@H](CO)C(=O)N[C@@H](Cc2c[nH]c3ccccc23)C(=O)N1C. The minimum absolute atomic E-state index is 0.0105. The van der Waals surface area contributed by atoms with E-state index in [2.05, 4.69) is 68.5 Å². The summed E-state index contributed by atoms with van der Waals surface area (Å²) in [5, 5.41) is 79.8. The Morgan fingerprint density at radius 2 is 0.962 bits per heavy atom. The summed E-state index contributed by atoms with van der Waals surface area (Å²) in [7, 11) is 3.87. The number of unbranched alkanes of at least 4 members (excludes halogenated alkanes) is 2. The summed E-state index contributed by atoms with van der Waals surface area (Å²) >= 11 is 0.753. The number of likely N-dealkylation sites (N-methyl/N-ethyl adjacent to an activating group) is 3. The Morgan fingerprint density at radius 1 is 0.485 bits per heavy atom. The molecule has 17 amide bonds. The van der Waals surface area contributed by atoms with Gasteiger partial charge in [-0.15, -0.1) is 11.8 Å². The molecule has 708 valence electrons. The molecule has 3 aliphatic heterocycles. The van der Waals surface area contributed by atoms with Crippen LogP contribution in [0, 0.1) is 5.41 Å². The van der Waals surface area contributed by atoms with Gasteiger partial charge in [-0.2, -0.15) is 0 Å². The number of hydrogen-bond acceptors (Lipinski definition) is 23. The van der Waals surface area contributed by atoms with Crippen molar-refractivity contribution in [1.29, 1.82) is 5.41 Å². The van der Waals surface area contributed by atoms with Crippen LogP contribution >= 0.6 is 11.8 Å². The number of benzene rings is 3. The van der Waals surface area contributed by atoms with E-state index >= 15 is 24.0 Å². The molecule has 3 aromatic carbocycles. The lowest BCUT2D eigenvalue weighted by atomic mass is 10.00. The fourth-order valence-corrected chi connectivity index (χ4v) is 16.7. The van der Waals surface area contributed by atoms with Gasteiger partial charge in [-0.1, -0.05) is 88.1 Å². The maximum absolute atomic E-state index is 15.7. The van der Waals surface area contributed by atoms with Gasteiger partial charge in [-0.25, -0.2) is 0 Å². The number of rotatable bonds is 25. The molecule has 0 radical (unpaired) electrons. The van der Waals surface area contributed by atoms with Crippen LogP contribution in [0.3, 0.4) is 0 Å². The number of primary amides is 2. The molecule has 0 bridgehead atoms. The Bertz CT molecular complexity index is 4880. The molecule has 0 unspecified atom stereocenters. The lowest BCUT2D eigenvalue weighted by molar-refractivity contribution is -0.149. The molecular formula is C86H122N22O21S. The number of carbonyl (C=O) groups is 17. The molecule has 0 aliphatic carbocycles. The van der Waals surface area contributed by atoms with Crippen LogP contribution in [-0.4, -0.2) is 325 Å². The van der Waals surface area contributed by atoms with E-state index in [9.17, 15) is 78.0 Å². The third-order valence-electron chi connectivity index (χ3n) is 23.2. The van der Waals surface area contributed by atoms with E-state index in [0.29, 0.717) is 64.2 Å². The number of hydrogen-bond donors (Lipinski definition) is 21. The number of aromatic hydroxyl groups is 1. The minimum Gasteiger partial charge on any atom is -0.508 e. The highest BCUT2D eigenvalue weighted by Gasteiger charge is 2.45. The molecule has 8 rings (SSSR count). The smallest absolute Gasteiger partial charge is 0.248 e. The van der Waals surface area contributed by atoms with E-state index < -0.39 is 242 Å². The van der Waals surface area contributed by atoms with Gasteiger partial charge in [0.15, 0.2) is 5.96 Å². The van der Waals surface area contributed by atoms with E-state index in [0.717, 1.165) is 36.3 Å². The highest BCUT2D eigenvalue weighted by molar-refractivity contribution is 8.00. The lowest BCUT2D eigenvalue weighted by Gasteiger charge is -2.36. The van der Waals surface area contributed by atoms with Crippen LogP contribution in [0.2, 0.25) is 0 Å². The normalized spacial score (nSPS) is 24.6. The summed E-state index contributed by atoms with van der Waals surface area (Å²) in [6, 6.07) is -2.61. The van der Waals surface area contributed by atoms with E-state index in [1.807, 2.05) is 13.8 Å². The predicted molar refractivity (Wildman–Crippen MR) is 475 cm³/mol. The van der Waals surface area contributed by atoms with Gasteiger partial charge in [0.05, 0.1) is 31.9 Å². The van der Waals surface area contributed by atoms with Gasteiger partial charge in [-0.3, -0.25) is 86.9 Å². The molecule has 5 heterocycles. The molecule has 14 atom stereocenters. The van der Waals surface area contributed by atoms with Crippen molar-refractivity contribution in [2.75, 3.05) is 78.6 Å². The number of aromatic amines is 2. The van der Waals surface area contributed by atoms with E-state index in [1.54, 1.807) is 60.9 Å². The number of H-pyrrole nitrogens is 2. The van der Waals surface area contributed by atoms with Gasteiger partial charge in [0.1, 0.15) is 90.3 Å². The second-order valence-electron chi connectivity index (χ2n) is 32.6. The summed E-state index contributed by atoms with van der Waals surface area (Å²) in [6.45, 7) is 0.975. The molecule has 24 N–H and O–H groups in total. The first-order valence-electron chi connectivity index (χ1n) is 43.4. The number of carbonyl (C=O) groups excluding carboxylic acids is 17. The second kappa shape index (κ2) is 49.5. The summed E-state index contributed by atoms with van der Waals surface area (Å²) in [6.07, 6.45) is 2.70. The molecule has 2 aromatic heterocycles. The number of aliphatic hydroxyl groups excluding tert-OH is 3. The standard InChI is InChI=1S/C86H122N22O21S/c1-7-9-23-65-78(122)96-56(22-15-32-91-86(89)90)74(118)103-64(73(117)94-42-70(88)114)45-130-46-71(115)95-59(36-48-27-29-51(112)30-28-48)81(125)104(4)47(3)72(116)99-61(39-69(87)113)83(127)107-33-16-25-66(107)79(123)97-57(31-35-109)75(119)102-63(44-111)84(128)108-34-17-26-67(108)80(124)98-58(37-49-40-92-54-20-13-11-18-52(49)54)76(120)101-62(43-110)77(121)100-60(38-50-41-93-55-21-14-12-19-53(50)55)82(126)106(6)68(24-10-8-2)85(129)105(65)5/h11-14,18-21,27-30,40-41,47,56-68,92-93,109-112H,7-10,15-17,22-26,31-39,42-46H2,1-6H3,(H2,87,113)(H2,88,114)(H,94,117)(H,95,115)(H,96,122)(H,97,123)(H,98,124)(H,99,116)(H,100,121)(H,101,120)(H,102,119)(H,103,118)(H4,89,90,91)/t47-,56-,57-,58-,59-,60-,61+,62-,63-,64-,65-,66-,67-,68-/m0/s1. The number of para-hydroxylation sites is 2. The van der Waals surface area contributed by atoms with Crippen LogP contribution in [-0.2, 0) is 101 Å². The summed E-state index contributed by atoms with van der Waals surface area (Å²) in [4.78, 5) is 259. The number of nitrogens with two attached hydrogens (primary N) is 3. The quantitative estimate of drug-likeness (QED) is 0.0149. The monoisotopic (exact) mass is 1830 g/mol. The van der Waals surface area contributed by atoms with Crippen LogP contribution in [0.4, 0.5) is 0 Å². The van der Waals surface area contributed by atoms with E-state index in [1.165, 1.54) is 52.3 Å². The van der Waals surface area contributed by atoms with Crippen molar-refractivity contribution in [3.8, 4) is 5.75 Å². The van der Waals surface area contributed by atoms with E-state index in [4.69, 9.17) is 22.6 Å². The van der Waals surface area contributed by atoms with Crippen molar-refractivity contribution >= 4 is 140 Å². The number of aromatic nitrogens is 2. The highest BCUT2D eigenvalue weighted by Crippen LogP contribution is 2.27. The van der Waals surface area contributed by atoms with Crippen LogP contribution < -0.4 is 75.7 Å². The number of fused-ring (bicyclic) bond motifs is 4. The molecule has 5 aromatic rings. The molecule has 3 fully saturated rings. The number of guanidine groups is 1. The fraction of sp³-hybridized carbons (Fsp3) is 0.535. The third kappa shape index (κ3) is 28.3. The van der Waals surface area contributed by atoms with Crippen molar-refractivity contribution < 1.29 is 102 Å². The zero-order chi connectivity index (χ0) is 95.2. The average Bonchev–Trinajstić information content (AvgIpc) is 1.62. The summed E-state index contributed by atoms with van der Waals surface area (Å²) < 4.78 is 0. The van der Waals surface area contributed by atoms with Crippen LogP contribution in [0.5, 0.6) is 5.75 Å². The zero-order valence-corrected chi connectivity index (χ0v) is 74.5. The highest BCUT2D eigenvalue weighted by atomic mass is 32.2. The van der Waals surface area contributed by atoms with Gasteiger partial charge in [0, 0.05) is 107 Å².